The number of aliphatic hydroxyl groups is 2. The summed E-state index contributed by atoms with van der Waals surface area (Å²) in [6.07, 6.45) is 91.6. The summed E-state index contributed by atoms with van der Waals surface area (Å²) in [6, 6.07) is -0.537. The summed E-state index contributed by atoms with van der Waals surface area (Å²) in [5.41, 5.74) is 0. The number of allylic oxidation sites excluding steroid dienone is 8. The highest BCUT2D eigenvalue weighted by Crippen LogP contribution is 2.19. The maximum Gasteiger partial charge on any atom is 0.220 e. The van der Waals surface area contributed by atoms with E-state index in [4.69, 9.17) is 0 Å². The van der Waals surface area contributed by atoms with E-state index in [1.54, 1.807) is 0 Å². The van der Waals surface area contributed by atoms with Gasteiger partial charge in [0.15, 0.2) is 0 Å². The third-order valence-electron chi connectivity index (χ3n) is 15.9. The molecule has 4 nitrogen and oxygen atoms in total. The summed E-state index contributed by atoms with van der Waals surface area (Å²) in [5.74, 6) is -0.0234. The first-order valence-electron chi connectivity index (χ1n) is 33.8. The van der Waals surface area contributed by atoms with Gasteiger partial charge in [-0.05, 0) is 51.4 Å². The van der Waals surface area contributed by atoms with Crippen molar-refractivity contribution in [1.29, 1.82) is 0 Å². The smallest absolute Gasteiger partial charge is 0.220 e. The molecule has 2 unspecified atom stereocenters. The summed E-state index contributed by atoms with van der Waals surface area (Å²) >= 11 is 0. The van der Waals surface area contributed by atoms with E-state index >= 15 is 0 Å². The normalized spacial score (nSPS) is 13.0. The third-order valence-corrected chi connectivity index (χ3v) is 15.9. The number of carbonyl (C=O) groups is 1. The Labute approximate surface area is 464 Å². The lowest BCUT2D eigenvalue weighted by molar-refractivity contribution is -0.123. The van der Waals surface area contributed by atoms with Crippen molar-refractivity contribution in [2.24, 2.45) is 0 Å². The highest BCUT2D eigenvalue weighted by Gasteiger charge is 2.20. The molecule has 2 atom stereocenters. The van der Waals surface area contributed by atoms with Crippen molar-refractivity contribution >= 4 is 5.91 Å². The van der Waals surface area contributed by atoms with Crippen molar-refractivity contribution in [3.63, 3.8) is 0 Å². The van der Waals surface area contributed by atoms with Gasteiger partial charge in [-0.2, -0.15) is 0 Å². The zero-order valence-electron chi connectivity index (χ0n) is 50.4. The number of unbranched alkanes of at least 4 members (excludes halogenated alkanes) is 48. The van der Waals surface area contributed by atoms with Crippen LogP contribution < -0.4 is 5.32 Å². The minimum atomic E-state index is -0.660. The van der Waals surface area contributed by atoms with E-state index in [-0.39, 0.29) is 12.5 Å². The second kappa shape index (κ2) is 65.6. The fraction of sp³-hybridized carbons (Fsp3) is 0.871. The molecule has 0 bridgehead atoms. The predicted octanol–water partition coefficient (Wildman–Crippen LogP) is 22.9. The molecule has 74 heavy (non-hydrogen) atoms. The van der Waals surface area contributed by atoms with Crippen LogP contribution >= 0.6 is 0 Å². The largest absolute Gasteiger partial charge is 0.394 e. The molecule has 0 saturated heterocycles. The molecule has 0 fully saturated rings. The highest BCUT2D eigenvalue weighted by atomic mass is 16.3. The Hall–Kier alpha value is -1.65. The van der Waals surface area contributed by atoms with Crippen LogP contribution in [0.15, 0.2) is 48.6 Å². The molecule has 0 aromatic heterocycles. The summed E-state index contributed by atoms with van der Waals surface area (Å²) in [5, 5.41) is 23.5. The first kappa shape index (κ1) is 72.3. The summed E-state index contributed by atoms with van der Waals surface area (Å²) < 4.78 is 0. The van der Waals surface area contributed by atoms with E-state index in [1.807, 2.05) is 0 Å². The Balaban J connectivity index is 3.39. The fourth-order valence-corrected chi connectivity index (χ4v) is 10.8. The molecule has 0 saturated carbocycles. The van der Waals surface area contributed by atoms with Gasteiger partial charge in [-0.15, -0.1) is 0 Å². The van der Waals surface area contributed by atoms with Crippen molar-refractivity contribution in [1.82, 2.24) is 5.32 Å². The van der Waals surface area contributed by atoms with Crippen LogP contribution in [0, 0.1) is 0 Å². The molecule has 0 aliphatic rings. The van der Waals surface area contributed by atoms with Crippen LogP contribution in [0.4, 0.5) is 0 Å². The molecule has 436 valence electrons. The van der Waals surface area contributed by atoms with Crippen molar-refractivity contribution < 1.29 is 15.0 Å². The van der Waals surface area contributed by atoms with Crippen LogP contribution in [0.2, 0.25) is 0 Å². The first-order chi connectivity index (χ1) is 36.7. The summed E-state index contributed by atoms with van der Waals surface area (Å²) in [4.78, 5) is 12.6. The monoisotopic (exact) mass is 1040 g/mol. The van der Waals surface area contributed by atoms with E-state index < -0.39 is 12.1 Å². The van der Waals surface area contributed by atoms with Crippen molar-refractivity contribution in [2.75, 3.05) is 6.61 Å². The highest BCUT2D eigenvalue weighted by molar-refractivity contribution is 5.76. The van der Waals surface area contributed by atoms with Gasteiger partial charge in [-0.25, -0.2) is 0 Å². The van der Waals surface area contributed by atoms with Gasteiger partial charge in [0.25, 0.3) is 0 Å². The molecular weight excluding hydrogens is 903 g/mol. The quantitative estimate of drug-likeness (QED) is 0.0420. The van der Waals surface area contributed by atoms with Crippen LogP contribution in [0.3, 0.4) is 0 Å². The van der Waals surface area contributed by atoms with E-state index in [2.05, 4.69) is 67.8 Å². The number of amides is 1. The van der Waals surface area contributed by atoms with Gasteiger partial charge in [0.05, 0.1) is 18.8 Å². The number of hydrogen-bond acceptors (Lipinski definition) is 3. The topological polar surface area (TPSA) is 69.6 Å². The van der Waals surface area contributed by atoms with E-state index in [0.29, 0.717) is 12.8 Å². The average molecular weight is 1040 g/mol. The third kappa shape index (κ3) is 61.2. The van der Waals surface area contributed by atoms with Gasteiger partial charge >= 0.3 is 0 Å². The minimum absolute atomic E-state index is 0.0234. The molecule has 0 radical (unpaired) electrons. The zero-order chi connectivity index (χ0) is 53.4. The molecule has 0 aliphatic heterocycles. The Morgan fingerprint density at radius 1 is 0.338 bits per heavy atom. The number of nitrogens with one attached hydrogen (secondary N) is 1. The van der Waals surface area contributed by atoms with E-state index in [0.717, 1.165) is 51.4 Å². The lowest BCUT2D eigenvalue weighted by atomic mass is 10.0. The van der Waals surface area contributed by atoms with Crippen LogP contribution in [-0.4, -0.2) is 34.9 Å². The average Bonchev–Trinajstić information content (AvgIpc) is 3.40. The molecule has 3 N–H and O–H groups in total. The van der Waals surface area contributed by atoms with Gasteiger partial charge in [-0.1, -0.05) is 364 Å². The first-order valence-corrected chi connectivity index (χ1v) is 33.8. The van der Waals surface area contributed by atoms with Gasteiger partial charge < -0.3 is 15.5 Å². The fourth-order valence-electron chi connectivity index (χ4n) is 10.8. The molecule has 0 aliphatic carbocycles. The molecule has 0 heterocycles. The van der Waals surface area contributed by atoms with Gasteiger partial charge in [0.2, 0.25) is 5.91 Å². The van der Waals surface area contributed by atoms with Crippen molar-refractivity contribution in [2.45, 2.75) is 386 Å². The number of hydrogen-bond donors (Lipinski definition) is 3. The summed E-state index contributed by atoms with van der Waals surface area (Å²) in [6.45, 7) is 4.29. The molecular formula is C70H133NO3. The standard InChI is InChI=1S/C70H133NO3/c1-3-5-7-9-11-13-15-17-19-21-23-25-27-29-31-32-33-34-35-36-37-38-40-42-44-46-48-50-52-54-56-58-60-62-64-66-70(74)71-68(67-72)69(73)65-63-61-59-57-55-53-51-49-47-45-43-41-39-30-28-26-24-22-20-18-16-14-12-10-8-6-4-2/h5,7,11,13,17,19,23,25,68-69,72-73H,3-4,6,8-10,12,14-16,18,20-22,24,26-67H2,1-2H3,(H,71,74)/b7-5-,13-11-,19-17-,25-23-. The zero-order valence-corrected chi connectivity index (χ0v) is 50.4. The summed E-state index contributed by atoms with van der Waals surface area (Å²) in [7, 11) is 0. The number of aliphatic hydroxyl groups excluding tert-OH is 2. The molecule has 0 aromatic rings. The predicted molar refractivity (Wildman–Crippen MR) is 331 cm³/mol. The van der Waals surface area contributed by atoms with Gasteiger partial charge in [-0.3, -0.25) is 4.79 Å². The Morgan fingerprint density at radius 2 is 0.595 bits per heavy atom. The molecule has 0 aromatic carbocycles. The Bertz CT molecular complexity index is 1170. The van der Waals surface area contributed by atoms with E-state index in [1.165, 1.54) is 295 Å². The lowest BCUT2D eigenvalue weighted by Crippen LogP contribution is -2.45. The molecule has 0 rings (SSSR count). The Morgan fingerprint density at radius 3 is 0.892 bits per heavy atom. The lowest BCUT2D eigenvalue weighted by Gasteiger charge is -2.22. The molecule has 0 spiro atoms. The number of rotatable bonds is 63. The second-order valence-corrected chi connectivity index (χ2v) is 23.2. The Kier molecular flexibility index (Phi) is 64.2. The van der Waals surface area contributed by atoms with Crippen LogP contribution in [0.5, 0.6) is 0 Å². The SMILES string of the molecule is CC/C=C\C/C=C\C/C=C\C/C=C\CCCCCCCCCCCCCCCCCCCCCCCCC(=O)NC(CO)C(O)CCCCCCCCCCCCCCCCCCCCCCCCCCCCC. The molecule has 1 amide bonds. The second-order valence-electron chi connectivity index (χ2n) is 23.2. The van der Waals surface area contributed by atoms with Crippen molar-refractivity contribution in [3.8, 4) is 0 Å². The van der Waals surface area contributed by atoms with Crippen LogP contribution in [0.25, 0.3) is 0 Å². The van der Waals surface area contributed by atoms with E-state index in [9.17, 15) is 15.0 Å². The molecule has 4 heteroatoms. The van der Waals surface area contributed by atoms with Gasteiger partial charge in [0.1, 0.15) is 0 Å². The maximum atomic E-state index is 12.6. The van der Waals surface area contributed by atoms with Crippen LogP contribution in [-0.2, 0) is 4.79 Å². The maximum absolute atomic E-state index is 12.6. The number of carbonyl (C=O) groups excluding carboxylic acids is 1. The van der Waals surface area contributed by atoms with Crippen molar-refractivity contribution in [3.05, 3.63) is 48.6 Å². The van der Waals surface area contributed by atoms with Gasteiger partial charge in [0, 0.05) is 6.42 Å². The minimum Gasteiger partial charge on any atom is -0.394 e. The van der Waals surface area contributed by atoms with Crippen LogP contribution in [0.1, 0.15) is 373 Å².